The van der Waals surface area contributed by atoms with E-state index in [1.54, 1.807) is 0 Å². The Morgan fingerprint density at radius 3 is 2.19 bits per heavy atom. The first kappa shape index (κ1) is 20.9. The van der Waals surface area contributed by atoms with E-state index < -0.39 is 0 Å². The van der Waals surface area contributed by atoms with Crippen LogP contribution in [-0.4, -0.2) is 97.8 Å². The van der Waals surface area contributed by atoms with Gasteiger partial charge in [-0.05, 0) is 12.8 Å². The first-order valence-electron chi connectivity index (χ1n) is 10.2. The van der Waals surface area contributed by atoms with Crippen LogP contribution >= 0.6 is 11.8 Å². The smallest absolute Gasteiger partial charge is 0.232 e. The lowest BCUT2D eigenvalue weighted by Gasteiger charge is -2.48. The van der Waals surface area contributed by atoms with Crippen LogP contribution in [0.15, 0.2) is 0 Å². The van der Waals surface area contributed by atoms with E-state index in [4.69, 9.17) is 9.47 Å². The van der Waals surface area contributed by atoms with E-state index in [1.807, 2.05) is 4.90 Å². The lowest BCUT2D eigenvalue weighted by atomic mass is 9.79. The van der Waals surface area contributed by atoms with Crippen molar-refractivity contribution in [3.8, 4) is 0 Å². The van der Waals surface area contributed by atoms with E-state index in [-0.39, 0.29) is 17.4 Å². The molecule has 1 saturated carbocycles. The number of amides is 2. The molecule has 0 aromatic carbocycles. The van der Waals surface area contributed by atoms with Gasteiger partial charge in [0.1, 0.15) is 0 Å². The number of nitrogens with zero attached hydrogens (tertiary/aromatic N) is 2. The Hall–Kier alpha value is -0.830. The fourth-order valence-electron chi connectivity index (χ4n) is 4.30. The molecule has 3 fully saturated rings. The molecular weight excluding hydrogens is 366 g/mol. The number of hydrogen-bond acceptors (Lipinski definition) is 6. The molecule has 1 aliphatic carbocycles. The van der Waals surface area contributed by atoms with E-state index in [2.05, 4.69) is 10.2 Å². The predicted octanol–water partition coefficient (Wildman–Crippen LogP) is 0.730. The minimum atomic E-state index is 0.0352. The summed E-state index contributed by atoms with van der Waals surface area (Å²) in [6, 6.07) is 0. The van der Waals surface area contributed by atoms with Gasteiger partial charge in [0.25, 0.3) is 0 Å². The summed E-state index contributed by atoms with van der Waals surface area (Å²) in [7, 11) is 0. The SMILES string of the molecule is O=C(CSCC(=O)N1CCOCC1)NCC1(N2CCOCC2)CCCCC1. The number of morpholine rings is 2. The van der Waals surface area contributed by atoms with Crippen molar-refractivity contribution in [3.63, 3.8) is 0 Å². The number of rotatable bonds is 7. The third-order valence-corrected chi connectivity index (χ3v) is 6.82. The second-order valence-corrected chi connectivity index (χ2v) is 8.63. The maximum Gasteiger partial charge on any atom is 0.232 e. The minimum Gasteiger partial charge on any atom is -0.379 e. The minimum absolute atomic E-state index is 0.0352. The zero-order valence-corrected chi connectivity index (χ0v) is 17.1. The Morgan fingerprint density at radius 2 is 1.52 bits per heavy atom. The normalized spacial score (nSPS) is 23.8. The molecule has 27 heavy (non-hydrogen) atoms. The second kappa shape index (κ2) is 10.6. The Labute approximate surface area is 166 Å². The van der Waals surface area contributed by atoms with Gasteiger partial charge in [0.05, 0.1) is 37.9 Å². The van der Waals surface area contributed by atoms with Crippen LogP contribution in [0.2, 0.25) is 0 Å². The van der Waals surface area contributed by atoms with Crippen LogP contribution in [0.25, 0.3) is 0 Å². The molecule has 3 rings (SSSR count). The fourth-order valence-corrected chi connectivity index (χ4v) is 5.05. The number of thioether (sulfide) groups is 1. The first-order chi connectivity index (χ1) is 13.2. The van der Waals surface area contributed by atoms with Gasteiger partial charge in [0.15, 0.2) is 0 Å². The fraction of sp³-hybridized carbons (Fsp3) is 0.895. The maximum atomic E-state index is 12.3. The van der Waals surface area contributed by atoms with Crippen LogP contribution < -0.4 is 5.32 Å². The number of carbonyl (C=O) groups excluding carboxylic acids is 2. The van der Waals surface area contributed by atoms with E-state index in [0.717, 1.165) is 39.1 Å². The molecule has 0 radical (unpaired) electrons. The van der Waals surface area contributed by atoms with Crippen molar-refractivity contribution in [2.45, 2.75) is 37.6 Å². The van der Waals surface area contributed by atoms with Crippen LogP contribution in [0.4, 0.5) is 0 Å². The Kier molecular flexibility index (Phi) is 8.24. The highest BCUT2D eigenvalue weighted by Crippen LogP contribution is 2.33. The van der Waals surface area contributed by atoms with Crippen molar-refractivity contribution in [1.82, 2.24) is 15.1 Å². The molecule has 2 heterocycles. The summed E-state index contributed by atoms with van der Waals surface area (Å²) in [6.07, 6.45) is 6.05. The van der Waals surface area contributed by atoms with E-state index in [0.29, 0.717) is 44.4 Å². The van der Waals surface area contributed by atoms with Gasteiger partial charge in [-0.3, -0.25) is 14.5 Å². The maximum absolute atomic E-state index is 12.3. The van der Waals surface area contributed by atoms with Gasteiger partial charge in [0.2, 0.25) is 11.8 Å². The highest BCUT2D eigenvalue weighted by atomic mass is 32.2. The van der Waals surface area contributed by atoms with Gasteiger partial charge in [-0.2, -0.15) is 0 Å². The Bertz CT molecular complexity index is 487. The lowest BCUT2D eigenvalue weighted by molar-refractivity contribution is -0.132. The molecule has 8 heteroatoms. The van der Waals surface area contributed by atoms with Crippen LogP contribution in [0.5, 0.6) is 0 Å². The predicted molar refractivity (Wildman–Crippen MR) is 106 cm³/mol. The molecule has 2 saturated heterocycles. The van der Waals surface area contributed by atoms with Crippen LogP contribution in [0, 0.1) is 0 Å². The van der Waals surface area contributed by atoms with Crippen LogP contribution in [0.1, 0.15) is 32.1 Å². The quantitative estimate of drug-likeness (QED) is 0.681. The summed E-state index contributed by atoms with van der Waals surface area (Å²) in [5.41, 5.74) is 0.0893. The van der Waals surface area contributed by atoms with Crippen molar-refractivity contribution in [1.29, 1.82) is 0 Å². The van der Waals surface area contributed by atoms with Crippen LogP contribution in [0.3, 0.4) is 0 Å². The van der Waals surface area contributed by atoms with Crippen molar-refractivity contribution >= 4 is 23.6 Å². The van der Waals surface area contributed by atoms with Gasteiger partial charge in [-0.1, -0.05) is 19.3 Å². The van der Waals surface area contributed by atoms with Crippen molar-refractivity contribution in [2.24, 2.45) is 0 Å². The molecule has 3 aliphatic rings. The van der Waals surface area contributed by atoms with Gasteiger partial charge in [-0.15, -0.1) is 11.8 Å². The molecule has 0 atom stereocenters. The second-order valence-electron chi connectivity index (χ2n) is 7.65. The molecule has 0 bridgehead atoms. The van der Waals surface area contributed by atoms with Crippen molar-refractivity contribution in [2.75, 3.05) is 70.7 Å². The number of carbonyl (C=O) groups is 2. The molecule has 7 nitrogen and oxygen atoms in total. The zero-order chi connectivity index (χ0) is 19.0. The number of hydrogen-bond donors (Lipinski definition) is 1. The molecule has 0 spiro atoms. The zero-order valence-electron chi connectivity index (χ0n) is 16.2. The highest BCUT2D eigenvalue weighted by molar-refractivity contribution is 8.00. The standard InChI is InChI=1S/C19H33N3O4S/c23-17(14-27-15-18(24)21-6-10-25-11-7-21)20-16-19(4-2-1-3-5-19)22-8-12-26-13-9-22/h1-16H2,(H,20,23). The molecule has 154 valence electrons. The first-order valence-corrected chi connectivity index (χ1v) is 11.4. The lowest BCUT2D eigenvalue weighted by Crippen LogP contribution is -2.59. The monoisotopic (exact) mass is 399 g/mol. The van der Waals surface area contributed by atoms with Gasteiger partial charge in [-0.25, -0.2) is 0 Å². The van der Waals surface area contributed by atoms with Gasteiger partial charge >= 0.3 is 0 Å². The molecule has 0 unspecified atom stereocenters. The highest BCUT2D eigenvalue weighted by Gasteiger charge is 2.38. The summed E-state index contributed by atoms with van der Waals surface area (Å²) in [5.74, 6) is 0.846. The van der Waals surface area contributed by atoms with Crippen molar-refractivity contribution < 1.29 is 19.1 Å². The third kappa shape index (κ3) is 6.07. The van der Waals surface area contributed by atoms with E-state index in [1.165, 1.54) is 31.0 Å². The topological polar surface area (TPSA) is 71.1 Å². The average molecular weight is 400 g/mol. The molecule has 2 aliphatic heterocycles. The summed E-state index contributed by atoms with van der Waals surface area (Å²) in [5, 5.41) is 3.16. The van der Waals surface area contributed by atoms with E-state index in [9.17, 15) is 9.59 Å². The molecule has 0 aromatic rings. The van der Waals surface area contributed by atoms with Gasteiger partial charge in [0, 0.05) is 38.3 Å². The summed E-state index contributed by atoms with van der Waals surface area (Å²) in [6.45, 7) is 6.74. The molecule has 2 amide bonds. The molecule has 0 aromatic heterocycles. The average Bonchev–Trinajstić information content (AvgIpc) is 2.74. The third-order valence-electron chi connectivity index (χ3n) is 5.90. The van der Waals surface area contributed by atoms with Crippen molar-refractivity contribution in [3.05, 3.63) is 0 Å². The van der Waals surface area contributed by atoms with Gasteiger partial charge < -0.3 is 19.7 Å². The largest absolute Gasteiger partial charge is 0.379 e. The molecule has 1 N–H and O–H groups in total. The summed E-state index contributed by atoms with van der Waals surface area (Å²) < 4.78 is 10.8. The molecular formula is C19H33N3O4S. The summed E-state index contributed by atoms with van der Waals surface area (Å²) >= 11 is 1.41. The Morgan fingerprint density at radius 1 is 0.889 bits per heavy atom. The Balaban J connectivity index is 1.40. The summed E-state index contributed by atoms with van der Waals surface area (Å²) in [4.78, 5) is 28.8. The number of ether oxygens (including phenoxy) is 2. The van der Waals surface area contributed by atoms with E-state index >= 15 is 0 Å². The van der Waals surface area contributed by atoms with Crippen LogP contribution in [-0.2, 0) is 19.1 Å². The number of nitrogens with one attached hydrogen (secondary N) is 1.